The van der Waals surface area contributed by atoms with E-state index in [1.807, 2.05) is 0 Å². The summed E-state index contributed by atoms with van der Waals surface area (Å²) in [6, 6.07) is 3.23. The van der Waals surface area contributed by atoms with Crippen LogP contribution in [0.2, 0.25) is 0 Å². The summed E-state index contributed by atoms with van der Waals surface area (Å²) in [6.45, 7) is 0. The quantitative estimate of drug-likeness (QED) is 0.646. The molecule has 0 amide bonds. The molecule has 0 bridgehead atoms. The molecule has 7 heteroatoms. The number of aromatic amines is 2. The van der Waals surface area contributed by atoms with Crippen molar-refractivity contribution >= 4 is 21.8 Å². The number of alkyl halides is 3. The number of halogens is 3. The fourth-order valence-corrected chi connectivity index (χ4v) is 1.86. The number of fused-ring (bicyclic) bond motifs is 3. The maximum Gasteiger partial charge on any atom is 0.416 e. The molecule has 0 unspecified atom stereocenters. The van der Waals surface area contributed by atoms with Gasteiger partial charge in [-0.15, -0.1) is 0 Å². The second-order valence-electron chi connectivity index (χ2n) is 3.86. The van der Waals surface area contributed by atoms with Crippen molar-refractivity contribution < 1.29 is 13.2 Å². The minimum atomic E-state index is -4.41. The molecule has 2 N–H and O–H groups in total. The molecule has 3 rings (SSSR count). The summed E-state index contributed by atoms with van der Waals surface area (Å²) in [5.41, 5.74) is -0.467. The molecule has 0 radical (unpaired) electrons. The molecule has 3 aromatic rings. The predicted octanol–water partition coefficient (Wildman–Crippen LogP) is 2.42. The molecule has 92 valence electrons. The van der Waals surface area contributed by atoms with Crippen molar-refractivity contribution in [2.45, 2.75) is 6.18 Å². The summed E-state index contributed by atoms with van der Waals surface area (Å²) < 4.78 is 37.6. The van der Waals surface area contributed by atoms with E-state index in [2.05, 4.69) is 15.2 Å². The van der Waals surface area contributed by atoms with E-state index in [-0.39, 0.29) is 11.1 Å². The van der Waals surface area contributed by atoms with Gasteiger partial charge in [-0.25, -0.2) is 0 Å². The van der Waals surface area contributed by atoms with Gasteiger partial charge in [0.1, 0.15) is 0 Å². The van der Waals surface area contributed by atoms with Crippen molar-refractivity contribution in [3.63, 3.8) is 0 Å². The molecule has 0 aliphatic rings. The van der Waals surface area contributed by atoms with Gasteiger partial charge in [0.25, 0.3) is 5.56 Å². The van der Waals surface area contributed by atoms with Gasteiger partial charge >= 0.3 is 6.18 Å². The average molecular weight is 253 g/mol. The number of pyridine rings is 1. The van der Waals surface area contributed by atoms with Crippen LogP contribution in [-0.2, 0) is 6.18 Å². The molecule has 4 nitrogen and oxygen atoms in total. The summed E-state index contributed by atoms with van der Waals surface area (Å²) >= 11 is 0. The van der Waals surface area contributed by atoms with E-state index >= 15 is 0 Å². The SMILES string of the molecule is O=c1[nH][nH]c2c1cnc1cc(C(F)(F)F)ccc12. The Balaban J connectivity index is 2.38. The smallest absolute Gasteiger partial charge is 0.297 e. The lowest BCUT2D eigenvalue weighted by molar-refractivity contribution is -0.137. The molecule has 0 aliphatic carbocycles. The number of benzene rings is 1. The van der Waals surface area contributed by atoms with Gasteiger partial charge in [-0.1, -0.05) is 6.07 Å². The fourth-order valence-electron chi connectivity index (χ4n) is 1.86. The minimum absolute atomic E-state index is 0.188. The first-order valence-electron chi connectivity index (χ1n) is 5.03. The first kappa shape index (κ1) is 10.8. The zero-order valence-electron chi connectivity index (χ0n) is 8.80. The molecular weight excluding hydrogens is 247 g/mol. The van der Waals surface area contributed by atoms with Crippen LogP contribution in [0.4, 0.5) is 13.2 Å². The second kappa shape index (κ2) is 3.34. The number of aromatic nitrogens is 3. The zero-order chi connectivity index (χ0) is 12.9. The van der Waals surface area contributed by atoms with E-state index in [0.717, 1.165) is 12.1 Å². The molecule has 1 aromatic carbocycles. The maximum absolute atomic E-state index is 12.5. The standard InChI is InChI=1S/C11H6F3N3O/c12-11(13,14)5-1-2-6-8(3-5)15-4-7-9(6)16-17-10(7)18/h1-4H,(H2,16,17,18). The average Bonchev–Trinajstić information content (AvgIpc) is 2.69. The highest BCUT2D eigenvalue weighted by atomic mass is 19.4. The Hall–Kier alpha value is -2.31. The minimum Gasteiger partial charge on any atom is -0.297 e. The number of nitrogens with zero attached hydrogens (tertiary/aromatic N) is 1. The summed E-state index contributed by atoms with van der Waals surface area (Å²) in [7, 11) is 0. The van der Waals surface area contributed by atoms with Crippen LogP contribution in [0.5, 0.6) is 0 Å². The van der Waals surface area contributed by atoms with Gasteiger partial charge in [0.05, 0.1) is 22.0 Å². The van der Waals surface area contributed by atoms with Gasteiger partial charge in [0, 0.05) is 11.6 Å². The lowest BCUT2D eigenvalue weighted by atomic mass is 10.1. The summed E-state index contributed by atoms with van der Waals surface area (Å²) in [5, 5.41) is 5.79. The summed E-state index contributed by atoms with van der Waals surface area (Å²) in [6.07, 6.45) is -3.15. The van der Waals surface area contributed by atoms with Crippen LogP contribution in [0.3, 0.4) is 0 Å². The number of rotatable bonds is 0. The highest BCUT2D eigenvalue weighted by Gasteiger charge is 2.30. The van der Waals surface area contributed by atoms with Gasteiger partial charge in [0.15, 0.2) is 0 Å². The Morgan fingerprint density at radius 1 is 1.11 bits per heavy atom. The number of H-pyrrole nitrogens is 2. The Bertz CT molecular complexity index is 800. The largest absolute Gasteiger partial charge is 0.416 e. The van der Waals surface area contributed by atoms with Gasteiger partial charge in [-0.05, 0) is 12.1 Å². The molecule has 0 saturated carbocycles. The monoisotopic (exact) mass is 253 g/mol. The topological polar surface area (TPSA) is 61.5 Å². The second-order valence-corrected chi connectivity index (χ2v) is 3.86. The summed E-state index contributed by atoms with van der Waals surface area (Å²) in [4.78, 5) is 15.2. The van der Waals surface area contributed by atoms with E-state index in [1.54, 1.807) is 0 Å². The summed E-state index contributed by atoms with van der Waals surface area (Å²) in [5.74, 6) is 0. The normalized spacial score (nSPS) is 12.4. The molecule has 0 aliphatic heterocycles. The van der Waals surface area contributed by atoms with E-state index in [4.69, 9.17) is 0 Å². The molecule has 0 saturated heterocycles. The Morgan fingerprint density at radius 2 is 1.89 bits per heavy atom. The van der Waals surface area contributed by atoms with Gasteiger partial charge in [-0.3, -0.25) is 20.0 Å². The number of nitrogens with one attached hydrogen (secondary N) is 2. The van der Waals surface area contributed by atoms with Crippen LogP contribution < -0.4 is 5.56 Å². The molecule has 0 atom stereocenters. The van der Waals surface area contributed by atoms with E-state index in [1.165, 1.54) is 12.3 Å². The molecule has 0 spiro atoms. The highest BCUT2D eigenvalue weighted by molar-refractivity contribution is 6.02. The zero-order valence-corrected chi connectivity index (χ0v) is 8.80. The highest BCUT2D eigenvalue weighted by Crippen LogP contribution is 2.31. The van der Waals surface area contributed by atoms with Crippen molar-refractivity contribution in [1.82, 2.24) is 15.2 Å². The Labute approximate surface area is 97.4 Å². The molecule has 2 aromatic heterocycles. The third-order valence-electron chi connectivity index (χ3n) is 2.74. The third-order valence-corrected chi connectivity index (χ3v) is 2.74. The van der Waals surface area contributed by atoms with Gasteiger partial charge in [0.2, 0.25) is 0 Å². The lowest BCUT2D eigenvalue weighted by Crippen LogP contribution is -2.04. The van der Waals surface area contributed by atoms with Crippen molar-refractivity contribution in [2.24, 2.45) is 0 Å². The van der Waals surface area contributed by atoms with Crippen LogP contribution in [0.15, 0.2) is 29.2 Å². The van der Waals surface area contributed by atoms with Crippen LogP contribution >= 0.6 is 0 Å². The number of hydrogen-bond donors (Lipinski definition) is 2. The maximum atomic E-state index is 12.5. The van der Waals surface area contributed by atoms with Crippen LogP contribution in [0.25, 0.3) is 21.8 Å². The van der Waals surface area contributed by atoms with Gasteiger partial charge in [-0.2, -0.15) is 13.2 Å². The first-order chi connectivity index (χ1) is 8.47. The predicted molar refractivity (Wildman–Crippen MR) is 59.2 cm³/mol. The fraction of sp³-hybridized carbons (Fsp3) is 0.0909. The van der Waals surface area contributed by atoms with Gasteiger partial charge < -0.3 is 0 Å². The van der Waals surface area contributed by atoms with Crippen LogP contribution in [0, 0.1) is 0 Å². The third kappa shape index (κ3) is 1.47. The van der Waals surface area contributed by atoms with Crippen LogP contribution in [-0.4, -0.2) is 15.2 Å². The lowest BCUT2D eigenvalue weighted by Gasteiger charge is -2.07. The number of hydrogen-bond acceptors (Lipinski definition) is 2. The Morgan fingerprint density at radius 3 is 2.61 bits per heavy atom. The van der Waals surface area contributed by atoms with Crippen LogP contribution in [0.1, 0.15) is 5.56 Å². The van der Waals surface area contributed by atoms with Crippen molar-refractivity contribution in [2.75, 3.05) is 0 Å². The van der Waals surface area contributed by atoms with Crippen molar-refractivity contribution in [3.8, 4) is 0 Å². The van der Waals surface area contributed by atoms with E-state index < -0.39 is 11.7 Å². The van der Waals surface area contributed by atoms with Crippen molar-refractivity contribution in [1.29, 1.82) is 0 Å². The first-order valence-corrected chi connectivity index (χ1v) is 5.03. The van der Waals surface area contributed by atoms with E-state index in [0.29, 0.717) is 16.3 Å². The molecule has 2 heterocycles. The molecule has 18 heavy (non-hydrogen) atoms. The van der Waals surface area contributed by atoms with E-state index in [9.17, 15) is 18.0 Å². The molecule has 0 fully saturated rings. The Kier molecular flexibility index (Phi) is 2.01. The van der Waals surface area contributed by atoms with Crippen molar-refractivity contribution in [3.05, 3.63) is 40.3 Å². The molecular formula is C11H6F3N3O.